The second-order valence-electron chi connectivity index (χ2n) is 8.02. The fraction of sp³-hybridized carbons (Fsp3) is 0. The number of benzene rings is 3. The predicted octanol–water partition coefficient (Wildman–Crippen LogP) is 6.68. The number of fused-ring (bicyclic) bond motifs is 1. The van der Waals surface area contributed by atoms with Crippen molar-refractivity contribution in [3.05, 3.63) is 116 Å². The first-order valence-electron chi connectivity index (χ1n) is 11.4. The number of nitrogens with one attached hydrogen (secondary N) is 1. The SMILES string of the molecule is c1ccc(-c2nnc(Nc3cnc(Oc4ccccc4-c4ccncc4)nc3)c3ccccc23)cc1. The molecular weight excluding hydrogens is 448 g/mol. The van der Waals surface area contributed by atoms with Crippen LogP contribution in [0.25, 0.3) is 33.2 Å². The average Bonchev–Trinajstić information content (AvgIpc) is 2.95. The van der Waals surface area contributed by atoms with Gasteiger partial charge in [-0.05, 0) is 23.8 Å². The molecule has 7 nitrogen and oxygen atoms in total. The van der Waals surface area contributed by atoms with Gasteiger partial charge in [-0.25, -0.2) is 9.97 Å². The topological polar surface area (TPSA) is 85.7 Å². The number of para-hydroxylation sites is 1. The normalized spacial score (nSPS) is 10.8. The molecule has 3 aromatic heterocycles. The molecular formula is C29H20N6O. The Balaban J connectivity index is 1.26. The minimum absolute atomic E-state index is 0.248. The summed E-state index contributed by atoms with van der Waals surface area (Å²) in [6, 6.07) is 30.0. The summed E-state index contributed by atoms with van der Waals surface area (Å²) in [5.74, 6) is 1.29. The minimum Gasteiger partial charge on any atom is -0.424 e. The van der Waals surface area contributed by atoms with E-state index in [0.717, 1.165) is 33.2 Å². The van der Waals surface area contributed by atoms with Crippen LogP contribution in [0.15, 0.2) is 116 Å². The van der Waals surface area contributed by atoms with E-state index < -0.39 is 0 Å². The van der Waals surface area contributed by atoms with Crippen LogP contribution in [0.5, 0.6) is 11.8 Å². The molecule has 0 aliphatic rings. The van der Waals surface area contributed by atoms with Crippen LogP contribution in [0.4, 0.5) is 11.5 Å². The number of rotatable bonds is 6. The Kier molecular flexibility index (Phi) is 5.70. The summed E-state index contributed by atoms with van der Waals surface area (Å²) in [6.07, 6.45) is 6.84. The number of hydrogen-bond donors (Lipinski definition) is 1. The van der Waals surface area contributed by atoms with Gasteiger partial charge in [0.1, 0.15) is 11.4 Å². The van der Waals surface area contributed by atoms with Crippen LogP contribution >= 0.6 is 0 Å². The summed E-state index contributed by atoms with van der Waals surface area (Å²) >= 11 is 0. The lowest BCUT2D eigenvalue weighted by molar-refractivity contribution is 0.443. The van der Waals surface area contributed by atoms with Crippen LogP contribution in [-0.4, -0.2) is 25.1 Å². The van der Waals surface area contributed by atoms with E-state index in [2.05, 4.69) is 30.5 Å². The summed E-state index contributed by atoms with van der Waals surface area (Å²) in [5, 5.41) is 14.2. The Morgan fingerprint density at radius 1 is 0.611 bits per heavy atom. The molecule has 0 fully saturated rings. The molecule has 6 rings (SSSR count). The van der Waals surface area contributed by atoms with E-state index >= 15 is 0 Å². The van der Waals surface area contributed by atoms with Gasteiger partial charge in [-0.3, -0.25) is 4.98 Å². The van der Waals surface area contributed by atoms with E-state index in [1.807, 2.05) is 91.0 Å². The Morgan fingerprint density at radius 2 is 1.31 bits per heavy atom. The lowest BCUT2D eigenvalue weighted by Crippen LogP contribution is -2.01. The highest BCUT2D eigenvalue weighted by Gasteiger charge is 2.12. The molecule has 0 radical (unpaired) electrons. The third-order valence-electron chi connectivity index (χ3n) is 5.71. The van der Waals surface area contributed by atoms with Gasteiger partial charge < -0.3 is 10.1 Å². The summed E-state index contributed by atoms with van der Waals surface area (Å²) in [6.45, 7) is 0. The van der Waals surface area contributed by atoms with Gasteiger partial charge in [0.2, 0.25) is 0 Å². The average molecular weight is 469 g/mol. The zero-order valence-electron chi connectivity index (χ0n) is 19.1. The van der Waals surface area contributed by atoms with Gasteiger partial charge in [0, 0.05) is 34.3 Å². The van der Waals surface area contributed by atoms with E-state index in [0.29, 0.717) is 17.3 Å². The number of pyridine rings is 1. The zero-order chi connectivity index (χ0) is 24.2. The molecule has 3 heterocycles. The molecule has 172 valence electrons. The van der Waals surface area contributed by atoms with Crippen LogP contribution in [0.1, 0.15) is 0 Å². The molecule has 0 saturated carbocycles. The van der Waals surface area contributed by atoms with Crippen molar-refractivity contribution in [3.63, 3.8) is 0 Å². The lowest BCUT2D eigenvalue weighted by atomic mass is 10.0. The van der Waals surface area contributed by atoms with Crippen LogP contribution < -0.4 is 10.1 Å². The molecule has 0 atom stereocenters. The van der Waals surface area contributed by atoms with Crippen molar-refractivity contribution in [2.45, 2.75) is 0 Å². The molecule has 0 aliphatic heterocycles. The van der Waals surface area contributed by atoms with Gasteiger partial charge in [-0.2, -0.15) is 0 Å². The van der Waals surface area contributed by atoms with Crippen molar-refractivity contribution in [3.8, 4) is 34.1 Å². The Morgan fingerprint density at radius 3 is 2.11 bits per heavy atom. The molecule has 1 N–H and O–H groups in total. The van der Waals surface area contributed by atoms with Gasteiger partial charge in [0.15, 0.2) is 5.82 Å². The first-order chi connectivity index (χ1) is 17.8. The summed E-state index contributed by atoms with van der Waals surface area (Å²) in [7, 11) is 0. The molecule has 3 aromatic carbocycles. The first-order valence-corrected chi connectivity index (χ1v) is 11.4. The van der Waals surface area contributed by atoms with E-state index in [-0.39, 0.29) is 6.01 Å². The molecule has 0 saturated heterocycles. The lowest BCUT2D eigenvalue weighted by Gasteiger charge is -2.12. The fourth-order valence-corrected chi connectivity index (χ4v) is 4.00. The highest BCUT2D eigenvalue weighted by atomic mass is 16.5. The number of hydrogen-bond acceptors (Lipinski definition) is 7. The number of nitrogens with zero attached hydrogens (tertiary/aromatic N) is 5. The fourth-order valence-electron chi connectivity index (χ4n) is 4.00. The monoisotopic (exact) mass is 468 g/mol. The molecule has 0 spiro atoms. The summed E-state index contributed by atoms with van der Waals surface area (Å²) in [5.41, 5.74) is 4.47. The van der Waals surface area contributed by atoms with Gasteiger partial charge in [-0.15, -0.1) is 10.2 Å². The van der Waals surface area contributed by atoms with Crippen molar-refractivity contribution in [2.24, 2.45) is 0 Å². The smallest absolute Gasteiger partial charge is 0.322 e. The van der Waals surface area contributed by atoms with Gasteiger partial charge in [-0.1, -0.05) is 72.8 Å². The van der Waals surface area contributed by atoms with Gasteiger partial charge in [0.25, 0.3) is 0 Å². The summed E-state index contributed by atoms with van der Waals surface area (Å²) in [4.78, 5) is 12.9. The van der Waals surface area contributed by atoms with Crippen LogP contribution in [0.3, 0.4) is 0 Å². The second kappa shape index (κ2) is 9.60. The number of anilines is 2. The second-order valence-corrected chi connectivity index (χ2v) is 8.02. The standard InChI is InChI=1S/C29H20N6O/c1-2-8-21(9-3-1)27-24-11-4-5-12-25(24)28(35-34-27)33-22-18-31-29(32-19-22)36-26-13-7-6-10-23(26)20-14-16-30-17-15-20/h1-19H,(H,33,35). The van der Waals surface area contributed by atoms with Crippen molar-refractivity contribution in [1.82, 2.24) is 25.1 Å². The van der Waals surface area contributed by atoms with E-state index in [4.69, 9.17) is 4.74 Å². The molecule has 0 bridgehead atoms. The molecule has 0 unspecified atom stereocenters. The van der Waals surface area contributed by atoms with Crippen LogP contribution in [-0.2, 0) is 0 Å². The molecule has 6 aromatic rings. The summed E-state index contributed by atoms with van der Waals surface area (Å²) < 4.78 is 6.01. The molecule has 7 heteroatoms. The van der Waals surface area contributed by atoms with Crippen molar-refractivity contribution in [2.75, 3.05) is 5.32 Å². The predicted molar refractivity (Wildman–Crippen MR) is 140 cm³/mol. The molecule has 0 aliphatic carbocycles. The number of ether oxygens (including phenoxy) is 1. The van der Waals surface area contributed by atoms with Crippen molar-refractivity contribution in [1.29, 1.82) is 0 Å². The largest absolute Gasteiger partial charge is 0.424 e. The van der Waals surface area contributed by atoms with Crippen molar-refractivity contribution < 1.29 is 4.74 Å². The van der Waals surface area contributed by atoms with Gasteiger partial charge >= 0.3 is 6.01 Å². The maximum absolute atomic E-state index is 6.01. The zero-order valence-corrected chi connectivity index (χ0v) is 19.1. The minimum atomic E-state index is 0.248. The third-order valence-corrected chi connectivity index (χ3v) is 5.71. The molecule has 0 amide bonds. The van der Waals surface area contributed by atoms with E-state index in [9.17, 15) is 0 Å². The Hall–Kier alpha value is -5.17. The highest BCUT2D eigenvalue weighted by molar-refractivity contribution is 6.00. The van der Waals surface area contributed by atoms with Crippen molar-refractivity contribution >= 4 is 22.3 Å². The Labute approximate surface area is 207 Å². The third kappa shape index (κ3) is 4.33. The van der Waals surface area contributed by atoms with Crippen LogP contribution in [0.2, 0.25) is 0 Å². The highest BCUT2D eigenvalue weighted by Crippen LogP contribution is 2.33. The van der Waals surface area contributed by atoms with Crippen LogP contribution in [0, 0.1) is 0 Å². The quantitative estimate of drug-likeness (QED) is 0.292. The number of aromatic nitrogens is 5. The molecule has 36 heavy (non-hydrogen) atoms. The van der Waals surface area contributed by atoms with E-state index in [1.54, 1.807) is 24.8 Å². The maximum atomic E-state index is 6.01. The van der Waals surface area contributed by atoms with E-state index in [1.165, 1.54) is 0 Å². The first kappa shape index (κ1) is 21.4. The maximum Gasteiger partial charge on any atom is 0.322 e. The Bertz CT molecular complexity index is 1620. The van der Waals surface area contributed by atoms with Gasteiger partial charge in [0.05, 0.1) is 18.1 Å².